The summed E-state index contributed by atoms with van der Waals surface area (Å²) in [6, 6.07) is -1.02. The fourth-order valence-corrected chi connectivity index (χ4v) is 5.24. The standard InChI is InChI=1S/C22H29N5O9S2/c1-22(2,3)20(31)36-10-35-19(30)15-11(7-34-6-5-33-4)8-37-18-14(17(29)27(15)18)25-16(28)13(26-32)12-9-38-21(23)24-12/h9,14,18,32H,5-8,10H2,1-4H3,(H2,23,24)(H,25,28)/b26-13-/t14?,18-/m1/s1. The highest BCUT2D eigenvalue weighted by atomic mass is 32.2. The second kappa shape index (κ2) is 12.6. The number of carbonyl (C=O) groups is 4. The van der Waals surface area contributed by atoms with Crippen molar-refractivity contribution in [3.63, 3.8) is 0 Å². The summed E-state index contributed by atoms with van der Waals surface area (Å²) in [5.74, 6) is -2.57. The van der Waals surface area contributed by atoms with E-state index in [1.807, 2.05) is 0 Å². The number of fused-ring (bicyclic) bond motifs is 1. The molecular formula is C22H29N5O9S2. The van der Waals surface area contributed by atoms with E-state index in [-0.39, 0.29) is 29.7 Å². The molecule has 0 radical (unpaired) electrons. The van der Waals surface area contributed by atoms with Gasteiger partial charge >= 0.3 is 11.9 Å². The molecule has 0 aromatic carbocycles. The van der Waals surface area contributed by atoms with Crippen molar-refractivity contribution in [1.29, 1.82) is 0 Å². The average molecular weight is 572 g/mol. The lowest BCUT2D eigenvalue weighted by atomic mass is 9.98. The summed E-state index contributed by atoms with van der Waals surface area (Å²) in [6.07, 6.45) is 0. The molecule has 1 unspecified atom stereocenters. The molecule has 2 amide bonds. The molecule has 0 spiro atoms. The number of aromatic nitrogens is 1. The number of esters is 2. The Morgan fingerprint density at radius 2 is 2.03 bits per heavy atom. The number of hydrogen-bond donors (Lipinski definition) is 3. The first-order chi connectivity index (χ1) is 18.0. The van der Waals surface area contributed by atoms with Crippen molar-refractivity contribution in [3.05, 3.63) is 22.3 Å². The zero-order valence-corrected chi connectivity index (χ0v) is 22.8. The number of thiazole rings is 1. The summed E-state index contributed by atoms with van der Waals surface area (Å²) in [4.78, 5) is 56.0. The van der Waals surface area contributed by atoms with Crippen molar-refractivity contribution >= 4 is 57.7 Å². The summed E-state index contributed by atoms with van der Waals surface area (Å²) in [5, 5.41) is 15.8. The van der Waals surface area contributed by atoms with E-state index in [1.165, 1.54) is 29.2 Å². The number of hydrogen-bond acceptors (Lipinski definition) is 14. The van der Waals surface area contributed by atoms with Gasteiger partial charge < -0.3 is 35.2 Å². The number of thioether (sulfide) groups is 1. The molecule has 0 bridgehead atoms. The maximum atomic E-state index is 13.1. The fourth-order valence-electron chi connectivity index (χ4n) is 3.36. The molecule has 4 N–H and O–H groups in total. The monoisotopic (exact) mass is 571 g/mol. The van der Waals surface area contributed by atoms with Gasteiger partial charge in [0.1, 0.15) is 22.8 Å². The van der Waals surface area contributed by atoms with E-state index in [0.717, 1.165) is 11.3 Å². The van der Waals surface area contributed by atoms with Crippen molar-refractivity contribution in [2.24, 2.45) is 10.6 Å². The second-order valence-electron chi connectivity index (χ2n) is 9.11. The number of ether oxygens (including phenoxy) is 4. The van der Waals surface area contributed by atoms with Crippen molar-refractivity contribution in [1.82, 2.24) is 15.2 Å². The Hall–Kier alpha value is -3.21. The summed E-state index contributed by atoms with van der Waals surface area (Å²) < 4.78 is 20.7. The van der Waals surface area contributed by atoms with Gasteiger partial charge in [-0.3, -0.25) is 19.3 Å². The fraction of sp³-hybridized carbons (Fsp3) is 0.545. The smallest absolute Gasteiger partial charge is 0.358 e. The second-order valence-corrected chi connectivity index (χ2v) is 11.1. The number of rotatable bonds is 11. The first kappa shape index (κ1) is 29.3. The molecule has 14 nitrogen and oxygen atoms in total. The predicted molar refractivity (Wildman–Crippen MR) is 136 cm³/mol. The summed E-state index contributed by atoms with van der Waals surface area (Å²) in [5.41, 5.74) is 4.88. The van der Waals surface area contributed by atoms with E-state index in [9.17, 15) is 24.4 Å². The first-order valence-corrected chi connectivity index (χ1v) is 13.2. The van der Waals surface area contributed by atoms with Crippen LogP contribution in [0.25, 0.3) is 0 Å². The van der Waals surface area contributed by atoms with Crippen LogP contribution in [0.2, 0.25) is 0 Å². The highest BCUT2D eigenvalue weighted by molar-refractivity contribution is 8.00. The first-order valence-electron chi connectivity index (χ1n) is 11.3. The van der Waals surface area contributed by atoms with Crippen LogP contribution in [0.15, 0.2) is 21.8 Å². The van der Waals surface area contributed by atoms with E-state index in [2.05, 4.69) is 15.5 Å². The number of methoxy groups -OCH3 is 1. The van der Waals surface area contributed by atoms with Crippen LogP contribution in [-0.4, -0.2) is 95.4 Å². The minimum absolute atomic E-state index is 0.0304. The van der Waals surface area contributed by atoms with Gasteiger partial charge in [-0.25, -0.2) is 9.78 Å². The largest absolute Gasteiger partial charge is 0.427 e. The molecular weight excluding hydrogens is 542 g/mol. The van der Waals surface area contributed by atoms with Crippen LogP contribution in [0.1, 0.15) is 26.5 Å². The molecule has 3 heterocycles. The van der Waals surface area contributed by atoms with Crippen LogP contribution >= 0.6 is 23.1 Å². The van der Waals surface area contributed by atoms with Crippen LogP contribution in [0.4, 0.5) is 5.13 Å². The molecule has 16 heteroatoms. The van der Waals surface area contributed by atoms with E-state index >= 15 is 0 Å². The molecule has 1 aromatic heterocycles. The molecule has 38 heavy (non-hydrogen) atoms. The average Bonchev–Trinajstić information content (AvgIpc) is 3.29. The number of nitrogens with zero attached hydrogens (tertiary/aromatic N) is 3. The number of nitrogen functional groups attached to an aromatic ring is 1. The van der Waals surface area contributed by atoms with E-state index in [1.54, 1.807) is 20.8 Å². The molecule has 1 saturated heterocycles. The Bertz CT molecular complexity index is 1140. The minimum Gasteiger partial charge on any atom is -0.427 e. The van der Waals surface area contributed by atoms with Gasteiger partial charge in [-0.2, -0.15) is 0 Å². The van der Waals surface area contributed by atoms with Crippen LogP contribution < -0.4 is 11.1 Å². The highest BCUT2D eigenvalue weighted by Gasteiger charge is 2.54. The van der Waals surface area contributed by atoms with Crippen molar-refractivity contribution in [2.45, 2.75) is 32.2 Å². The lowest BCUT2D eigenvalue weighted by molar-refractivity contribution is -0.173. The lowest BCUT2D eigenvalue weighted by Gasteiger charge is -2.49. The topological polar surface area (TPSA) is 192 Å². The molecule has 3 rings (SSSR count). The van der Waals surface area contributed by atoms with Gasteiger partial charge in [0.2, 0.25) is 6.79 Å². The van der Waals surface area contributed by atoms with Gasteiger partial charge in [-0.15, -0.1) is 23.1 Å². The SMILES string of the molecule is COCCOCC1=C(C(=O)OCOC(=O)C(C)(C)C)N2C(=O)C(NC(=O)/C(=N\O)c3csc(N)n3)[C@H]2SC1. The Morgan fingerprint density at radius 3 is 2.63 bits per heavy atom. The molecule has 2 aliphatic rings. The summed E-state index contributed by atoms with van der Waals surface area (Å²) in [7, 11) is 1.52. The Labute approximate surface area is 226 Å². The number of carbonyl (C=O) groups excluding carboxylic acids is 4. The van der Waals surface area contributed by atoms with Gasteiger partial charge in [0.25, 0.3) is 11.8 Å². The lowest BCUT2D eigenvalue weighted by Crippen LogP contribution is -2.71. The van der Waals surface area contributed by atoms with Crippen LogP contribution in [0.5, 0.6) is 0 Å². The van der Waals surface area contributed by atoms with Gasteiger partial charge in [-0.05, 0) is 26.3 Å². The van der Waals surface area contributed by atoms with Crippen molar-refractivity contribution < 1.29 is 43.3 Å². The van der Waals surface area contributed by atoms with Crippen molar-refractivity contribution in [3.8, 4) is 0 Å². The Morgan fingerprint density at radius 1 is 1.29 bits per heavy atom. The van der Waals surface area contributed by atoms with E-state index < -0.39 is 53.1 Å². The molecule has 1 fully saturated rings. The Balaban J connectivity index is 1.73. The summed E-state index contributed by atoms with van der Waals surface area (Å²) >= 11 is 2.36. The van der Waals surface area contributed by atoms with E-state index in [4.69, 9.17) is 24.7 Å². The molecule has 0 saturated carbocycles. The van der Waals surface area contributed by atoms with E-state index in [0.29, 0.717) is 17.9 Å². The third kappa shape index (κ3) is 6.61. The molecule has 208 valence electrons. The predicted octanol–water partition coefficient (Wildman–Crippen LogP) is 0.311. The summed E-state index contributed by atoms with van der Waals surface area (Å²) in [6.45, 7) is 4.95. The number of β-lactam (4-membered cyclic amide) rings is 1. The third-order valence-electron chi connectivity index (χ3n) is 5.31. The quantitative estimate of drug-likeness (QED) is 0.0627. The maximum absolute atomic E-state index is 13.1. The van der Waals surface area contributed by atoms with Crippen molar-refractivity contribution in [2.75, 3.05) is 45.2 Å². The number of nitrogens with two attached hydrogens (primary N) is 1. The van der Waals surface area contributed by atoms with Crippen LogP contribution in [0, 0.1) is 5.41 Å². The Kier molecular flexibility index (Phi) is 9.70. The van der Waals surface area contributed by atoms with Crippen LogP contribution in [0.3, 0.4) is 0 Å². The van der Waals surface area contributed by atoms with Gasteiger partial charge in [0.15, 0.2) is 10.8 Å². The van der Waals surface area contributed by atoms with Gasteiger partial charge in [0, 0.05) is 18.2 Å². The normalized spacial score (nSPS) is 19.5. The number of anilines is 1. The molecule has 1 aromatic rings. The van der Waals surface area contributed by atoms with Gasteiger partial charge in [-0.1, -0.05) is 5.16 Å². The molecule has 0 aliphatic carbocycles. The number of oxime groups is 1. The zero-order valence-electron chi connectivity index (χ0n) is 21.2. The highest BCUT2D eigenvalue weighted by Crippen LogP contribution is 2.40. The maximum Gasteiger partial charge on any atom is 0.358 e. The van der Waals surface area contributed by atoms with Gasteiger partial charge in [0.05, 0.1) is 25.2 Å². The van der Waals surface area contributed by atoms with Crippen LogP contribution in [-0.2, 0) is 38.1 Å². The zero-order chi connectivity index (χ0) is 28.0. The number of amides is 2. The number of nitrogens with one attached hydrogen (secondary N) is 1. The molecule has 2 atom stereocenters. The third-order valence-corrected chi connectivity index (χ3v) is 7.32. The minimum atomic E-state index is -1.02. The molecule has 2 aliphatic heterocycles.